The molecule has 2 saturated carbocycles. The molecule has 10 rings (SSSR count). The zero-order valence-electron chi connectivity index (χ0n) is 22.9. The molecule has 194 valence electrons. The minimum Gasteiger partial charge on any atom is -0.0795 e. The Kier molecular flexibility index (Phi) is 5.83. The Morgan fingerprint density at radius 3 is 1.62 bits per heavy atom. The number of hydrogen-bond donors (Lipinski definition) is 0. The second kappa shape index (κ2) is 9.67. The highest BCUT2D eigenvalue weighted by Gasteiger charge is 2.41. The van der Waals surface area contributed by atoms with Gasteiger partial charge in [-0.25, -0.2) is 0 Å². The summed E-state index contributed by atoms with van der Waals surface area (Å²) in [6.45, 7) is 0. The van der Waals surface area contributed by atoms with E-state index in [2.05, 4.69) is 97.1 Å². The van der Waals surface area contributed by atoms with Gasteiger partial charge in [0, 0.05) is 0 Å². The molecule has 0 aliphatic heterocycles. The quantitative estimate of drug-likeness (QED) is 0.252. The summed E-state index contributed by atoms with van der Waals surface area (Å²) in [5.41, 5.74) is 15.4. The summed E-state index contributed by atoms with van der Waals surface area (Å²) in [6, 6.07) is 32.0. The summed E-state index contributed by atoms with van der Waals surface area (Å²) in [6.07, 6.45) is 16.9. The van der Waals surface area contributed by atoms with Gasteiger partial charge in [0.2, 0.25) is 0 Å². The standard InChI is InChI=1S/C39H38/c1-2-7-28(8-3-1)29-13-9-26(10-14-29)5-4-6-27-11-15-34(16-12-27)39-37-32-21-17-30(18-22-32)35(37)25-36-31-19-23-33(24-20-31)38(36)39/h1-5,7-16,25,30-33H,6,17-24H2/b5-4+. The van der Waals surface area contributed by atoms with Gasteiger partial charge in [-0.05, 0) is 137 Å². The lowest BCUT2D eigenvalue weighted by Gasteiger charge is -2.46. The number of rotatable bonds is 5. The van der Waals surface area contributed by atoms with E-state index in [0.29, 0.717) is 0 Å². The van der Waals surface area contributed by atoms with Crippen molar-refractivity contribution in [2.24, 2.45) is 0 Å². The zero-order valence-corrected chi connectivity index (χ0v) is 22.9. The van der Waals surface area contributed by atoms with Crippen LogP contribution in [0.5, 0.6) is 0 Å². The first-order valence-electron chi connectivity index (χ1n) is 15.4. The Morgan fingerprint density at radius 1 is 0.513 bits per heavy atom. The van der Waals surface area contributed by atoms with E-state index in [0.717, 1.165) is 30.1 Å². The highest BCUT2D eigenvalue weighted by Crippen LogP contribution is 2.59. The van der Waals surface area contributed by atoms with Crippen LogP contribution in [0.2, 0.25) is 0 Å². The van der Waals surface area contributed by atoms with Crippen LogP contribution >= 0.6 is 0 Å². The molecule has 0 radical (unpaired) electrons. The van der Waals surface area contributed by atoms with Gasteiger partial charge in [0.25, 0.3) is 0 Å². The maximum atomic E-state index is 2.73. The lowest BCUT2D eigenvalue weighted by Crippen LogP contribution is -2.28. The van der Waals surface area contributed by atoms with E-state index < -0.39 is 0 Å². The number of benzene rings is 4. The van der Waals surface area contributed by atoms with Crippen LogP contribution in [0.25, 0.3) is 28.3 Å². The minimum absolute atomic E-state index is 0.793. The van der Waals surface area contributed by atoms with Crippen LogP contribution in [0.3, 0.4) is 0 Å². The SMILES string of the molecule is C(=C\c1ccc(-c2ccccc2)cc1)/Cc1ccc(-c2c3c(cc4c2C2CCC4CC2)C2CCC3CC2)cc1. The molecule has 0 atom stereocenters. The molecule has 0 spiro atoms. The van der Waals surface area contributed by atoms with Crippen molar-refractivity contribution in [2.75, 3.05) is 0 Å². The fourth-order valence-electron chi connectivity index (χ4n) is 8.57. The Bertz CT molecular complexity index is 1460. The summed E-state index contributed by atoms with van der Waals surface area (Å²) in [5, 5.41) is 0. The molecule has 6 aliphatic carbocycles. The molecule has 6 aliphatic rings. The van der Waals surface area contributed by atoms with Crippen molar-refractivity contribution < 1.29 is 0 Å². The van der Waals surface area contributed by atoms with Crippen molar-refractivity contribution in [3.05, 3.63) is 124 Å². The summed E-state index contributed by atoms with van der Waals surface area (Å²) >= 11 is 0. The van der Waals surface area contributed by atoms with E-state index in [1.165, 1.54) is 79.2 Å². The molecule has 4 aromatic carbocycles. The molecule has 4 aromatic rings. The molecule has 4 bridgehead atoms. The Labute approximate surface area is 233 Å². The summed E-state index contributed by atoms with van der Waals surface area (Å²) in [7, 11) is 0. The molecule has 0 saturated heterocycles. The lowest BCUT2D eigenvalue weighted by atomic mass is 9.59. The van der Waals surface area contributed by atoms with Gasteiger partial charge in [-0.2, -0.15) is 0 Å². The predicted molar refractivity (Wildman–Crippen MR) is 164 cm³/mol. The fraction of sp³-hybridized carbons (Fsp3) is 0.333. The maximum Gasteiger partial charge on any atom is -0.00941 e. The van der Waals surface area contributed by atoms with E-state index in [4.69, 9.17) is 0 Å². The van der Waals surface area contributed by atoms with Crippen molar-refractivity contribution in [2.45, 2.75) is 81.5 Å². The van der Waals surface area contributed by atoms with Crippen LogP contribution < -0.4 is 0 Å². The number of allylic oxidation sites excluding steroid dienone is 1. The van der Waals surface area contributed by atoms with Crippen LogP contribution in [0, 0.1) is 0 Å². The van der Waals surface area contributed by atoms with Crippen LogP contribution in [-0.4, -0.2) is 0 Å². The molecule has 0 heterocycles. The first-order valence-corrected chi connectivity index (χ1v) is 15.4. The van der Waals surface area contributed by atoms with Gasteiger partial charge in [-0.1, -0.05) is 97.1 Å². The molecule has 0 heteroatoms. The molecule has 39 heavy (non-hydrogen) atoms. The average Bonchev–Trinajstić information content (AvgIpc) is 3.02. The lowest BCUT2D eigenvalue weighted by molar-refractivity contribution is 0.342. The number of fused-ring (bicyclic) bond motifs is 4. The smallest absolute Gasteiger partial charge is 0.00941 e. The van der Waals surface area contributed by atoms with E-state index >= 15 is 0 Å². The molecular formula is C39H38. The molecule has 0 N–H and O–H groups in total. The van der Waals surface area contributed by atoms with Crippen LogP contribution in [0.1, 0.15) is 108 Å². The Balaban J connectivity index is 1.07. The highest BCUT2D eigenvalue weighted by molar-refractivity contribution is 5.78. The van der Waals surface area contributed by atoms with Crippen LogP contribution in [-0.2, 0) is 6.42 Å². The van der Waals surface area contributed by atoms with Crippen molar-refractivity contribution in [3.8, 4) is 22.3 Å². The van der Waals surface area contributed by atoms with Crippen LogP contribution in [0.15, 0.2) is 91.0 Å². The van der Waals surface area contributed by atoms with Gasteiger partial charge in [0.1, 0.15) is 0 Å². The van der Waals surface area contributed by atoms with Gasteiger partial charge in [-0.3, -0.25) is 0 Å². The normalized spacial score (nSPS) is 24.6. The van der Waals surface area contributed by atoms with Crippen molar-refractivity contribution in [3.63, 3.8) is 0 Å². The van der Waals surface area contributed by atoms with Crippen molar-refractivity contribution in [1.82, 2.24) is 0 Å². The minimum atomic E-state index is 0.793. The average molecular weight is 507 g/mol. The Hall–Kier alpha value is -3.38. The molecule has 0 amide bonds. The summed E-state index contributed by atoms with van der Waals surface area (Å²) < 4.78 is 0. The van der Waals surface area contributed by atoms with E-state index in [1.54, 1.807) is 27.8 Å². The third kappa shape index (κ3) is 4.11. The molecule has 0 aromatic heterocycles. The first kappa shape index (κ1) is 23.5. The third-order valence-corrected chi connectivity index (χ3v) is 10.5. The largest absolute Gasteiger partial charge is 0.0795 e. The van der Waals surface area contributed by atoms with Gasteiger partial charge >= 0.3 is 0 Å². The molecule has 0 unspecified atom stereocenters. The topological polar surface area (TPSA) is 0 Å². The van der Waals surface area contributed by atoms with E-state index in [-0.39, 0.29) is 0 Å². The summed E-state index contributed by atoms with van der Waals surface area (Å²) in [5.74, 6) is 3.23. The molecule has 0 nitrogen and oxygen atoms in total. The van der Waals surface area contributed by atoms with Crippen LogP contribution in [0.4, 0.5) is 0 Å². The monoisotopic (exact) mass is 506 g/mol. The fourth-order valence-corrected chi connectivity index (χ4v) is 8.57. The molecular weight excluding hydrogens is 468 g/mol. The van der Waals surface area contributed by atoms with E-state index in [9.17, 15) is 0 Å². The highest BCUT2D eigenvalue weighted by atomic mass is 14.5. The zero-order chi connectivity index (χ0) is 25.8. The second-order valence-electron chi connectivity index (χ2n) is 12.6. The summed E-state index contributed by atoms with van der Waals surface area (Å²) in [4.78, 5) is 0. The van der Waals surface area contributed by atoms with Crippen molar-refractivity contribution in [1.29, 1.82) is 0 Å². The first-order chi connectivity index (χ1) is 19.3. The molecule has 2 fully saturated rings. The maximum absolute atomic E-state index is 2.73. The third-order valence-electron chi connectivity index (χ3n) is 10.5. The van der Waals surface area contributed by atoms with E-state index in [1.807, 2.05) is 0 Å². The van der Waals surface area contributed by atoms with Gasteiger partial charge in [0.15, 0.2) is 0 Å². The van der Waals surface area contributed by atoms with Crippen molar-refractivity contribution >= 4 is 6.08 Å². The van der Waals surface area contributed by atoms with Gasteiger partial charge in [-0.15, -0.1) is 0 Å². The van der Waals surface area contributed by atoms with Gasteiger partial charge < -0.3 is 0 Å². The van der Waals surface area contributed by atoms with Gasteiger partial charge in [0.05, 0.1) is 0 Å². The number of hydrogen-bond acceptors (Lipinski definition) is 0. The second-order valence-corrected chi connectivity index (χ2v) is 12.6. The predicted octanol–water partition coefficient (Wildman–Crippen LogP) is 10.8. The Morgan fingerprint density at radius 2 is 1.03 bits per heavy atom.